The first-order valence-corrected chi connectivity index (χ1v) is 8.81. The zero-order valence-corrected chi connectivity index (χ0v) is 14.7. The summed E-state index contributed by atoms with van der Waals surface area (Å²) in [6.07, 6.45) is 0. The molecule has 0 atom stereocenters. The summed E-state index contributed by atoms with van der Waals surface area (Å²) in [6, 6.07) is 32.2. The van der Waals surface area contributed by atoms with Gasteiger partial charge in [0, 0.05) is 5.56 Å². The largest absolute Gasteiger partial charge is 0.507 e. The number of rotatable bonds is 4. The van der Waals surface area contributed by atoms with E-state index in [9.17, 15) is 9.90 Å². The van der Waals surface area contributed by atoms with Gasteiger partial charge in [-0.1, -0.05) is 91.0 Å². The van der Waals surface area contributed by atoms with Gasteiger partial charge in [0.1, 0.15) is 5.75 Å². The summed E-state index contributed by atoms with van der Waals surface area (Å²) in [5.41, 5.74) is 4.36. The van der Waals surface area contributed by atoms with Crippen molar-refractivity contribution in [2.75, 3.05) is 0 Å². The fourth-order valence-corrected chi connectivity index (χ4v) is 3.24. The van der Waals surface area contributed by atoms with Gasteiger partial charge in [0.05, 0.1) is 5.56 Å². The minimum absolute atomic E-state index is 0.0101. The van der Waals surface area contributed by atoms with Crippen molar-refractivity contribution in [2.45, 2.75) is 0 Å². The van der Waals surface area contributed by atoms with Crippen molar-refractivity contribution in [2.24, 2.45) is 0 Å². The van der Waals surface area contributed by atoms with Crippen LogP contribution in [0.5, 0.6) is 5.75 Å². The maximum absolute atomic E-state index is 13.1. The number of phenols is 1. The van der Waals surface area contributed by atoms with E-state index in [4.69, 9.17) is 0 Å². The molecule has 2 nitrogen and oxygen atoms in total. The van der Waals surface area contributed by atoms with Crippen molar-refractivity contribution in [1.82, 2.24) is 0 Å². The van der Waals surface area contributed by atoms with E-state index in [1.165, 1.54) is 0 Å². The molecule has 2 heteroatoms. The fourth-order valence-electron chi connectivity index (χ4n) is 3.24. The lowest BCUT2D eigenvalue weighted by Gasteiger charge is -2.14. The Morgan fingerprint density at radius 2 is 1.11 bits per heavy atom. The van der Waals surface area contributed by atoms with Crippen LogP contribution in [0.3, 0.4) is 0 Å². The van der Waals surface area contributed by atoms with Crippen LogP contribution in [0.25, 0.3) is 22.3 Å². The Morgan fingerprint density at radius 3 is 1.70 bits per heavy atom. The molecule has 0 saturated carbocycles. The first-order valence-electron chi connectivity index (χ1n) is 8.81. The minimum Gasteiger partial charge on any atom is -0.507 e. The summed E-state index contributed by atoms with van der Waals surface area (Å²) in [6.45, 7) is 0. The van der Waals surface area contributed by atoms with Crippen LogP contribution in [0.4, 0.5) is 0 Å². The van der Waals surface area contributed by atoms with E-state index >= 15 is 0 Å². The Kier molecular flexibility index (Phi) is 4.54. The quantitative estimate of drug-likeness (QED) is 0.461. The van der Waals surface area contributed by atoms with Gasteiger partial charge in [-0.2, -0.15) is 0 Å². The topological polar surface area (TPSA) is 37.3 Å². The highest BCUT2D eigenvalue weighted by molar-refractivity contribution is 6.15. The van der Waals surface area contributed by atoms with Gasteiger partial charge < -0.3 is 5.11 Å². The minimum atomic E-state index is -0.188. The normalized spacial score (nSPS) is 10.5. The van der Waals surface area contributed by atoms with Crippen LogP contribution in [-0.4, -0.2) is 10.9 Å². The second-order valence-electron chi connectivity index (χ2n) is 6.35. The predicted molar refractivity (Wildman–Crippen MR) is 109 cm³/mol. The molecule has 0 unspecified atom stereocenters. The molecule has 1 N–H and O–H groups in total. The van der Waals surface area contributed by atoms with Crippen molar-refractivity contribution in [3.05, 3.63) is 114 Å². The van der Waals surface area contributed by atoms with Crippen LogP contribution in [0, 0.1) is 0 Å². The van der Waals surface area contributed by atoms with Gasteiger partial charge in [0.2, 0.25) is 0 Å². The van der Waals surface area contributed by atoms with Crippen molar-refractivity contribution >= 4 is 5.78 Å². The molecule has 0 heterocycles. The van der Waals surface area contributed by atoms with E-state index in [0.717, 1.165) is 22.3 Å². The molecule has 0 aromatic heterocycles. The Morgan fingerprint density at radius 1 is 0.593 bits per heavy atom. The number of carbonyl (C=O) groups excluding carboxylic acids is 1. The smallest absolute Gasteiger partial charge is 0.197 e. The van der Waals surface area contributed by atoms with Crippen LogP contribution in [0.15, 0.2) is 103 Å². The molecule has 0 fully saturated rings. The predicted octanol–water partition coefficient (Wildman–Crippen LogP) is 5.96. The average Bonchev–Trinajstić information content (AvgIpc) is 2.74. The maximum atomic E-state index is 13.1. The Labute approximate surface area is 158 Å². The highest BCUT2D eigenvalue weighted by Gasteiger charge is 2.20. The molecule has 130 valence electrons. The van der Waals surface area contributed by atoms with E-state index in [0.29, 0.717) is 11.1 Å². The van der Waals surface area contributed by atoms with E-state index in [1.807, 2.05) is 84.9 Å². The van der Waals surface area contributed by atoms with Crippen LogP contribution in [-0.2, 0) is 0 Å². The maximum Gasteiger partial charge on any atom is 0.197 e. The van der Waals surface area contributed by atoms with Crippen LogP contribution < -0.4 is 0 Å². The second-order valence-corrected chi connectivity index (χ2v) is 6.35. The number of hydrogen-bond acceptors (Lipinski definition) is 2. The number of carbonyl (C=O) groups is 1. The summed E-state index contributed by atoms with van der Waals surface area (Å²) in [5, 5.41) is 10.8. The number of aromatic hydroxyl groups is 1. The zero-order chi connectivity index (χ0) is 18.6. The monoisotopic (exact) mass is 350 g/mol. The molecule has 4 aromatic carbocycles. The van der Waals surface area contributed by atoms with E-state index in [1.54, 1.807) is 18.2 Å². The van der Waals surface area contributed by atoms with Gasteiger partial charge in [-0.25, -0.2) is 0 Å². The highest BCUT2D eigenvalue weighted by atomic mass is 16.3. The van der Waals surface area contributed by atoms with Gasteiger partial charge in [-0.05, 0) is 34.4 Å². The van der Waals surface area contributed by atoms with E-state index in [-0.39, 0.29) is 11.5 Å². The number of hydrogen-bond donors (Lipinski definition) is 1. The second kappa shape index (κ2) is 7.30. The molecule has 0 saturated heterocycles. The molecular weight excluding hydrogens is 332 g/mol. The van der Waals surface area contributed by atoms with E-state index in [2.05, 4.69) is 0 Å². The Hall–Kier alpha value is -3.65. The first-order chi connectivity index (χ1) is 13.2. The summed E-state index contributed by atoms with van der Waals surface area (Å²) in [5.74, 6) is -0.198. The Bertz CT molecular complexity index is 1070. The van der Waals surface area contributed by atoms with Crippen molar-refractivity contribution < 1.29 is 9.90 Å². The molecule has 27 heavy (non-hydrogen) atoms. The SMILES string of the molecule is O=C(c1ccccc1)c1c(O)cc(-c2ccccc2)cc1-c1ccccc1. The van der Waals surface area contributed by atoms with Crippen molar-refractivity contribution in [1.29, 1.82) is 0 Å². The number of benzene rings is 4. The summed E-state index contributed by atoms with van der Waals surface area (Å²) in [4.78, 5) is 13.1. The third-order valence-electron chi connectivity index (χ3n) is 4.57. The molecule has 0 bridgehead atoms. The van der Waals surface area contributed by atoms with Crippen molar-refractivity contribution in [3.8, 4) is 28.0 Å². The number of phenolic OH excluding ortho intramolecular Hbond substituents is 1. The van der Waals surface area contributed by atoms with Gasteiger partial charge in [-0.3, -0.25) is 4.79 Å². The lowest BCUT2D eigenvalue weighted by atomic mass is 9.90. The van der Waals surface area contributed by atoms with Gasteiger partial charge in [0.25, 0.3) is 0 Å². The summed E-state index contributed by atoms with van der Waals surface area (Å²) in [7, 11) is 0. The summed E-state index contributed by atoms with van der Waals surface area (Å²) >= 11 is 0. The lowest BCUT2D eigenvalue weighted by Crippen LogP contribution is -2.04. The van der Waals surface area contributed by atoms with Crippen molar-refractivity contribution in [3.63, 3.8) is 0 Å². The third kappa shape index (κ3) is 3.38. The average molecular weight is 350 g/mol. The lowest BCUT2D eigenvalue weighted by molar-refractivity contribution is 0.103. The number of ketones is 1. The first kappa shape index (κ1) is 16.8. The summed E-state index contributed by atoms with van der Waals surface area (Å²) < 4.78 is 0. The molecule has 0 radical (unpaired) electrons. The standard InChI is InChI=1S/C25H18O2/c26-23-17-21(18-10-4-1-5-11-18)16-22(19-12-6-2-7-13-19)24(23)25(27)20-14-8-3-9-15-20/h1-17,26H. The van der Waals surface area contributed by atoms with E-state index < -0.39 is 0 Å². The highest BCUT2D eigenvalue weighted by Crippen LogP contribution is 2.37. The fraction of sp³-hybridized carbons (Fsp3) is 0. The molecule has 0 spiro atoms. The van der Waals surface area contributed by atoms with Crippen LogP contribution >= 0.6 is 0 Å². The van der Waals surface area contributed by atoms with Gasteiger partial charge in [-0.15, -0.1) is 0 Å². The molecule has 0 aliphatic rings. The Balaban J connectivity index is 1.94. The molecular formula is C25H18O2. The van der Waals surface area contributed by atoms with Crippen LogP contribution in [0.1, 0.15) is 15.9 Å². The molecule has 4 rings (SSSR count). The molecule has 0 amide bonds. The molecule has 0 aliphatic heterocycles. The van der Waals surface area contributed by atoms with Crippen LogP contribution in [0.2, 0.25) is 0 Å². The molecule has 0 aliphatic carbocycles. The zero-order valence-electron chi connectivity index (χ0n) is 14.7. The molecule has 4 aromatic rings. The third-order valence-corrected chi connectivity index (χ3v) is 4.57. The van der Waals surface area contributed by atoms with Gasteiger partial charge >= 0.3 is 0 Å². The van der Waals surface area contributed by atoms with Gasteiger partial charge in [0.15, 0.2) is 5.78 Å².